The van der Waals surface area contributed by atoms with Gasteiger partial charge in [-0.05, 0) is 38.8 Å². The number of furan rings is 1. The number of nitrogens with zero attached hydrogens (tertiary/aromatic N) is 1. The van der Waals surface area contributed by atoms with Crippen LogP contribution in [0.5, 0.6) is 0 Å². The molecule has 22 heavy (non-hydrogen) atoms. The molecule has 1 aliphatic rings. The SMILES string of the molecule is CC1CCCCN1CCCNC(=O)c1coc(CN)c1.Cl.Cl. The predicted molar refractivity (Wildman–Crippen MR) is 92.9 cm³/mol. The first-order chi connectivity index (χ1) is 9.70. The minimum Gasteiger partial charge on any atom is -0.467 e. The molecule has 5 nitrogen and oxygen atoms in total. The van der Waals surface area contributed by atoms with E-state index < -0.39 is 0 Å². The zero-order valence-electron chi connectivity index (χ0n) is 13.0. The van der Waals surface area contributed by atoms with Crippen LogP contribution in [0.4, 0.5) is 0 Å². The Hall–Kier alpha value is -0.750. The van der Waals surface area contributed by atoms with E-state index in [4.69, 9.17) is 10.2 Å². The second-order valence-corrected chi connectivity index (χ2v) is 5.50. The standard InChI is InChI=1S/C15H25N3O2.2ClH/c1-12-5-2-3-7-18(12)8-4-6-17-15(19)13-9-14(10-16)20-11-13;;/h9,11-12H,2-8,10,16H2,1H3,(H,17,19);2*1H. The predicted octanol–water partition coefficient (Wildman–Crippen LogP) is 2.58. The molecule has 2 heterocycles. The summed E-state index contributed by atoms with van der Waals surface area (Å²) in [4.78, 5) is 14.4. The Balaban J connectivity index is 0.00000220. The Kier molecular flexibility index (Phi) is 10.5. The summed E-state index contributed by atoms with van der Waals surface area (Å²) in [7, 11) is 0. The van der Waals surface area contributed by atoms with Crippen LogP contribution in [0.3, 0.4) is 0 Å². The number of nitrogens with one attached hydrogen (secondary N) is 1. The molecule has 0 radical (unpaired) electrons. The zero-order valence-corrected chi connectivity index (χ0v) is 14.7. The zero-order chi connectivity index (χ0) is 14.4. The maximum Gasteiger partial charge on any atom is 0.254 e. The fourth-order valence-corrected chi connectivity index (χ4v) is 2.68. The summed E-state index contributed by atoms with van der Waals surface area (Å²) in [6.07, 6.45) is 6.39. The van der Waals surface area contributed by atoms with Gasteiger partial charge < -0.3 is 20.4 Å². The van der Waals surface area contributed by atoms with Crippen LogP contribution in [0, 0.1) is 0 Å². The van der Waals surface area contributed by atoms with E-state index in [9.17, 15) is 4.79 Å². The molecule has 1 aromatic rings. The van der Waals surface area contributed by atoms with Crippen molar-refractivity contribution >= 4 is 30.7 Å². The molecule has 0 saturated carbocycles. The molecule has 7 heteroatoms. The minimum absolute atomic E-state index is 0. The van der Waals surface area contributed by atoms with Gasteiger partial charge in [0.15, 0.2) is 0 Å². The summed E-state index contributed by atoms with van der Waals surface area (Å²) in [6, 6.07) is 2.38. The summed E-state index contributed by atoms with van der Waals surface area (Å²) < 4.78 is 5.16. The van der Waals surface area contributed by atoms with E-state index >= 15 is 0 Å². The Morgan fingerprint density at radius 3 is 2.86 bits per heavy atom. The normalized spacial score (nSPS) is 18.2. The van der Waals surface area contributed by atoms with Crippen LogP contribution >= 0.6 is 24.8 Å². The molecule has 0 spiro atoms. The maximum absolute atomic E-state index is 11.9. The number of carbonyl (C=O) groups is 1. The van der Waals surface area contributed by atoms with Crippen molar-refractivity contribution in [3.05, 3.63) is 23.7 Å². The lowest BCUT2D eigenvalue weighted by Gasteiger charge is -2.33. The molecule has 2 rings (SSSR count). The molecule has 128 valence electrons. The number of carbonyl (C=O) groups excluding carboxylic acids is 1. The largest absolute Gasteiger partial charge is 0.467 e. The fraction of sp³-hybridized carbons (Fsp3) is 0.667. The highest BCUT2D eigenvalue weighted by atomic mass is 35.5. The van der Waals surface area contributed by atoms with Crippen LogP contribution in [0.15, 0.2) is 16.7 Å². The van der Waals surface area contributed by atoms with Crippen LogP contribution < -0.4 is 11.1 Å². The number of halogens is 2. The smallest absolute Gasteiger partial charge is 0.254 e. The van der Waals surface area contributed by atoms with Crippen molar-refractivity contribution in [3.8, 4) is 0 Å². The van der Waals surface area contributed by atoms with Gasteiger partial charge in [0.1, 0.15) is 12.0 Å². The highest BCUT2D eigenvalue weighted by Gasteiger charge is 2.17. The Labute approximate surface area is 144 Å². The van der Waals surface area contributed by atoms with Crippen LogP contribution in [0.25, 0.3) is 0 Å². The first-order valence-electron chi connectivity index (χ1n) is 7.50. The van der Waals surface area contributed by atoms with Gasteiger partial charge in [0.25, 0.3) is 5.91 Å². The van der Waals surface area contributed by atoms with Crippen LogP contribution in [-0.2, 0) is 6.54 Å². The lowest BCUT2D eigenvalue weighted by molar-refractivity contribution is 0.0948. The number of amides is 1. The van der Waals surface area contributed by atoms with Gasteiger partial charge in [-0.2, -0.15) is 0 Å². The number of nitrogens with two attached hydrogens (primary N) is 1. The monoisotopic (exact) mass is 351 g/mol. The highest BCUT2D eigenvalue weighted by Crippen LogP contribution is 2.16. The molecular weight excluding hydrogens is 325 g/mol. The van der Waals surface area contributed by atoms with Crippen molar-refractivity contribution in [3.63, 3.8) is 0 Å². The first-order valence-corrected chi connectivity index (χ1v) is 7.50. The molecule has 1 unspecified atom stereocenters. The molecule has 1 aromatic heterocycles. The topological polar surface area (TPSA) is 71.5 Å². The number of hydrogen-bond donors (Lipinski definition) is 2. The summed E-state index contributed by atoms with van der Waals surface area (Å²) in [5.74, 6) is 0.553. The summed E-state index contributed by atoms with van der Waals surface area (Å²) >= 11 is 0. The number of likely N-dealkylation sites (tertiary alicyclic amines) is 1. The van der Waals surface area contributed by atoms with E-state index in [-0.39, 0.29) is 30.7 Å². The Morgan fingerprint density at radius 1 is 1.45 bits per heavy atom. The first kappa shape index (κ1) is 21.2. The van der Waals surface area contributed by atoms with Crippen molar-refractivity contribution in [2.45, 2.75) is 45.2 Å². The van der Waals surface area contributed by atoms with Gasteiger partial charge in [-0.3, -0.25) is 4.79 Å². The fourth-order valence-electron chi connectivity index (χ4n) is 2.68. The lowest BCUT2D eigenvalue weighted by atomic mass is 10.0. The molecule has 0 bridgehead atoms. The Bertz CT molecular complexity index is 440. The Morgan fingerprint density at radius 2 is 2.23 bits per heavy atom. The number of rotatable bonds is 6. The molecule has 1 atom stereocenters. The van der Waals surface area contributed by atoms with E-state index in [0.717, 1.165) is 13.0 Å². The molecule has 0 aliphatic carbocycles. The highest BCUT2D eigenvalue weighted by molar-refractivity contribution is 5.93. The second kappa shape index (κ2) is 10.9. The molecule has 1 amide bonds. The molecule has 3 N–H and O–H groups in total. The minimum atomic E-state index is -0.0832. The third-order valence-electron chi connectivity index (χ3n) is 3.97. The van der Waals surface area contributed by atoms with Crippen molar-refractivity contribution in [1.82, 2.24) is 10.2 Å². The van der Waals surface area contributed by atoms with Gasteiger partial charge in [0.2, 0.25) is 0 Å². The van der Waals surface area contributed by atoms with Gasteiger partial charge >= 0.3 is 0 Å². The van der Waals surface area contributed by atoms with E-state index in [0.29, 0.717) is 30.5 Å². The summed E-state index contributed by atoms with van der Waals surface area (Å²) in [6.45, 7) is 5.56. The van der Waals surface area contributed by atoms with Gasteiger partial charge in [0.05, 0.1) is 12.1 Å². The third-order valence-corrected chi connectivity index (χ3v) is 3.97. The van der Waals surface area contributed by atoms with E-state index in [2.05, 4.69) is 17.1 Å². The van der Waals surface area contributed by atoms with E-state index in [1.54, 1.807) is 6.07 Å². The lowest BCUT2D eigenvalue weighted by Crippen LogP contribution is -2.39. The molecule has 1 aliphatic heterocycles. The summed E-state index contributed by atoms with van der Waals surface area (Å²) in [5.41, 5.74) is 6.00. The van der Waals surface area contributed by atoms with Crippen molar-refractivity contribution in [2.24, 2.45) is 5.73 Å². The maximum atomic E-state index is 11.9. The third kappa shape index (κ3) is 6.16. The average molecular weight is 352 g/mol. The van der Waals surface area contributed by atoms with E-state index in [1.165, 1.54) is 32.1 Å². The van der Waals surface area contributed by atoms with Gasteiger partial charge in [0, 0.05) is 19.1 Å². The second-order valence-electron chi connectivity index (χ2n) is 5.50. The van der Waals surface area contributed by atoms with E-state index in [1.807, 2.05) is 0 Å². The van der Waals surface area contributed by atoms with Crippen LogP contribution in [-0.4, -0.2) is 36.5 Å². The quantitative estimate of drug-likeness (QED) is 0.772. The van der Waals surface area contributed by atoms with Crippen LogP contribution in [0.1, 0.15) is 48.7 Å². The number of piperidine rings is 1. The van der Waals surface area contributed by atoms with Crippen molar-refractivity contribution in [1.29, 1.82) is 0 Å². The van der Waals surface area contributed by atoms with Crippen LogP contribution in [0.2, 0.25) is 0 Å². The molecule has 0 aromatic carbocycles. The molecular formula is C15H27Cl2N3O2. The van der Waals surface area contributed by atoms with Crippen molar-refractivity contribution in [2.75, 3.05) is 19.6 Å². The van der Waals surface area contributed by atoms with Gasteiger partial charge in [-0.15, -0.1) is 24.8 Å². The van der Waals surface area contributed by atoms with Gasteiger partial charge in [-0.1, -0.05) is 6.42 Å². The van der Waals surface area contributed by atoms with Crippen molar-refractivity contribution < 1.29 is 9.21 Å². The van der Waals surface area contributed by atoms with Gasteiger partial charge in [-0.25, -0.2) is 0 Å². The number of hydrogen-bond acceptors (Lipinski definition) is 4. The molecule has 1 saturated heterocycles. The molecule has 1 fully saturated rings. The summed E-state index contributed by atoms with van der Waals surface area (Å²) in [5, 5.41) is 2.92. The average Bonchev–Trinajstić information content (AvgIpc) is 2.94.